The summed E-state index contributed by atoms with van der Waals surface area (Å²) in [5.41, 5.74) is 8.17. The molecule has 0 aliphatic rings. The van der Waals surface area contributed by atoms with Gasteiger partial charge < -0.3 is 11.1 Å². The van der Waals surface area contributed by atoms with Crippen LogP contribution in [0.3, 0.4) is 0 Å². The third-order valence-corrected chi connectivity index (χ3v) is 2.72. The van der Waals surface area contributed by atoms with Crippen molar-refractivity contribution in [3.05, 3.63) is 35.4 Å². The van der Waals surface area contributed by atoms with Crippen molar-refractivity contribution in [3.8, 4) is 0 Å². The summed E-state index contributed by atoms with van der Waals surface area (Å²) in [6.45, 7) is 6.09. The van der Waals surface area contributed by atoms with E-state index >= 15 is 0 Å². The summed E-state index contributed by atoms with van der Waals surface area (Å²) in [6.07, 6.45) is 2.14. The van der Waals surface area contributed by atoms with Crippen LogP contribution in [-0.4, -0.2) is 12.6 Å². The topological polar surface area (TPSA) is 38.0 Å². The highest BCUT2D eigenvalue weighted by molar-refractivity contribution is 5.22. The van der Waals surface area contributed by atoms with Crippen LogP contribution in [0.1, 0.15) is 31.4 Å². The molecule has 1 rings (SSSR count). The highest BCUT2D eigenvalue weighted by atomic mass is 14.9. The molecule has 1 atom stereocenters. The van der Waals surface area contributed by atoms with Crippen LogP contribution in [0.2, 0.25) is 0 Å². The highest BCUT2D eigenvalue weighted by Gasteiger charge is 1.98. The van der Waals surface area contributed by atoms with Gasteiger partial charge >= 0.3 is 0 Å². The Kier molecular flexibility index (Phi) is 5.37. The molecule has 0 radical (unpaired) electrons. The minimum atomic E-state index is 0.591. The molecule has 0 aliphatic carbocycles. The van der Waals surface area contributed by atoms with E-state index in [1.807, 2.05) is 0 Å². The molecule has 0 amide bonds. The summed E-state index contributed by atoms with van der Waals surface area (Å²) in [4.78, 5) is 0. The predicted molar refractivity (Wildman–Crippen MR) is 65.8 cm³/mol. The van der Waals surface area contributed by atoms with Crippen molar-refractivity contribution in [2.24, 2.45) is 5.73 Å². The standard InChI is InChI=1S/C13H22N2/c1-3-11(2)15-10-13-6-4-12(5-7-13)8-9-14/h4-7,11,15H,3,8-10,14H2,1-2H3. The molecule has 2 nitrogen and oxygen atoms in total. The molecule has 1 aromatic rings. The molecule has 1 unspecified atom stereocenters. The molecule has 84 valence electrons. The third kappa shape index (κ3) is 4.45. The molecule has 0 aromatic heterocycles. The Morgan fingerprint density at radius 2 is 1.80 bits per heavy atom. The van der Waals surface area contributed by atoms with Crippen molar-refractivity contribution in [3.63, 3.8) is 0 Å². The van der Waals surface area contributed by atoms with Crippen LogP contribution in [0.4, 0.5) is 0 Å². The van der Waals surface area contributed by atoms with E-state index in [4.69, 9.17) is 5.73 Å². The van der Waals surface area contributed by atoms with E-state index in [9.17, 15) is 0 Å². The normalized spacial score (nSPS) is 12.7. The zero-order valence-corrected chi connectivity index (χ0v) is 9.79. The molecule has 0 spiro atoms. The number of nitrogens with one attached hydrogen (secondary N) is 1. The van der Waals surface area contributed by atoms with Crippen LogP contribution >= 0.6 is 0 Å². The maximum absolute atomic E-state index is 5.50. The quantitative estimate of drug-likeness (QED) is 0.748. The lowest BCUT2D eigenvalue weighted by molar-refractivity contribution is 0.534. The van der Waals surface area contributed by atoms with Crippen molar-refractivity contribution in [2.75, 3.05) is 6.54 Å². The monoisotopic (exact) mass is 206 g/mol. The lowest BCUT2D eigenvalue weighted by Gasteiger charge is -2.11. The minimum Gasteiger partial charge on any atom is -0.330 e. The van der Waals surface area contributed by atoms with Crippen molar-refractivity contribution >= 4 is 0 Å². The van der Waals surface area contributed by atoms with Gasteiger partial charge in [-0.2, -0.15) is 0 Å². The van der Waals surface area contributed by atoms with Crippen LogP contribution in [0.5, 0.6) is 0 Å². The minimum absolute atomic E-state index is 0.591. The van der Waals surface area contributed by atoms with Crippen LogP contribution in [0.25, 0.3) is 0 Å². The molecule has 0 aliphatic heterocycles. The van der Waals surface area contributed by atoms with Gasteiger partial charge in [-0.1, -0.05) is 31.2 Å². The van der Waals surface area contributed by atoms with E-state index in [1.165, 1.54) is 17.5 Å². The Morgan fingerprint density at radius 3 is 2.33 bits per heavy atom. The summed E-state index contributed by atoms with van der Waals surface area (Å²) in [5.74, 6) is 0. The Bertz CT molecular complexity index is 266. The van der Waals surface area contributed by atoms with E-state index in [-0.39, 0.29) is 0 Å². The van der Waals surface area contributed by atoms with Crippen LogP contribution < -0.4 is 11.1 Å². The van der Waals surface area contributed by atoms with E-state index in [2.05, 4.69) is 43.4 Å². The number of hydrogen-bond donors (Lipinski definition) is 2. The molecule has 3 N–H and O–H groups in total. The first-order valence-electron chi connectivity index (χ1n) is 5.77. The first-order valence-corrected chi connectivity index (χ1v) is 5.77. The Labute approximate surface area is 92.9 Å². The van der Waals surface area contributed by atoms with Gasteiger partial charge in [0.2, 0.25) is 0 Å². The Morgan fingerprint density at radius 1 is 1.20 bits per heavy atom. The summed E-state index contributed by atoms with van der Waals surface area (Å²) in [7, 11) is 0. The molecule has 0 fully saturated rings. The molecule has 15 heavy (non-hydrogen) atoms. The van der Waals surface area contributed by atoms with Gasteiger partial charge in [0, 0.05) is 12.6 Å². The number of rotatable bonds is 6. The third-order valence-electron chi connectivity index (χ3n) is 2.72. The lowest BCUT2D eigenvalue weighted by Crippen LogP contribution is -2.24. The zero-order valence-electron chi connectivity index (χ0n) is 9.79. The summed E-state index contributed by atoms with van der Waals surface area (Å²) in [5, 5.41) is 3.48. The summed E-state index contributed by atoms with van der Waals surface area (Å²) < 4.78 is 0. The van der Waals surface area contributed by atoms with E-state index in [0.29, 0.717) is 6.04 Å². The second-order valence-electron chi connectivity index (χ2n) is 4.05. The van der Waals surface area contributed by atoms with Crippen molar-refractivity contribution in [1.29, 1.82) is 0 Å². The second kappa shape index (κ2) is 6.59. The SMILES string of the molecule is CCC(C)NCc1ccc(CCN)cc1. The van der Waals surface area contributed by atoms with Gasteiger partial charge in [-0.05, 0) is 37.4 Å². The molecule has 1 aromatic carbocycles. The molecular formula is C13H22N2. The maximum Gasteiger partial charge on any atom is 0.0207 e. The van der Waals surface area contributed by atoms with Crippen LogP contribution in [0.15, 0.2) is 24.3 Å². The summed E-state index contributed by atoms with van der Waals surface area (Å²) in [6, 6.07) is 9.29. The van der Waals surface area contributed by atoms with Crippen LogP contribution in [-0.2, 0) is 13.0 Å². The van der Waals surface area contributed by atoms with Gasteiger partial charge in [0.15, 0.2) is 0 Å². The van der Waals surface area contributed by atoms with Crippen molar-refractivity contribution < 1.29 is 0 Å². The fourth-order valence-corrected chi connectivity index (χ4v) is 1.43. The number of hydrogen-bond acceptors (Lipinski definition) is 2. The highest BCUT2D eigenvalue weighted by Crippen LogP contribution is 2.05. The van der Waals surface area contributed by atoms with E-state index < -0.39 is 0 Å². The Balaban J connectivity index is 2.42. The molecule has 2 heteroatoms. The first-order chi connectivity index (χ1) is 7.26. The van der Waals surface area contributed by atoms with E-state index in [0.717, 1.165) is 19.5 Å². The molecule has 0 saturated heterocycles. The smallest absolute Gasteiger partial charge is 0.0207 e. The van der Waals surface area contributed by atoms with Gasteiger partial charge in [0.25, 0.3) is 0 Å². The fraction of sp³-hybridized carbons (Fsp3) is 0.538. The molecular weight excluding hydrogens is 184 g/mol. The first kappa shape index (κ1) is 12.2. The summed E-state index contributed by atoms with van der Waals surface area (Å²) >= 11 is 0. The largest absolute Gasteiger partial charge is 0.330 e. The average molecular weight is 206 g/mol. The van der Waals surface area contributed by atoms with Gasteiger partial charge in [-0.15, -0.1) is 0 Å². The zero-order chi connectivity index (χ0) is 11.1. The van der Waals surface area contributed by atoms with Crippen molar-refractivity contribution in [1.82, 2.24) is 5.32 Å². The second-order valence-corrected chi connectivity index (χ2v) is 4.05. The maximum atomic E-state index is 5.50. The molecule has 0 heterocycles. The van der Waals surface area contributed by atoms with Gasteiger partial charge in [-0.3, -0.25) is 0 Å². The number of benzene rings is 1. The van der Waals surface area contributed by atoms with Crippen LogP contribution in [0, 0.1) is 0 Å². The van der Waals surface area contributed by atoms with E-state index in [1.54, 1.807) is 0 Å². The fourth-order valence-electron chi connectivity index (χ4n) is 1.43. The van der Waals surface area contributed by atoms with Gasteiger partial charge in [0.1, 0.15) is 0 Å². The van der Waals surface area contributed by atoms with Gasteiger partial charge in [-0.25, -0.2) is 0 Å². The molecule has 0 bridgehead atoms. The van der Waals surface area contributed by atoms with Gasteiger partial charge in [0.05, 0.1) is 0 Å². The van der Waals surface area contributed by atoms with Crippen molar-refractivity contribution in [2.45, 2.75) is 39.3 Å². The molecule has 0 saturated carbocycles. The Hall–Kier alpha value is -0.860. The lowest BCUT2D eigenvalue weighted by atomic mass is 10.1. The predicted octanol–water partition coefficient (Wildman–Crippen LogP) is 2.08. The number of nitrogens with two attached hydrogens (primary N) is 1. The average Bonchev–Trinajstić information content (AvgIpc) is 2.28.